The van der Waals surface area contributed by atoms with E-state index in [-0.39, 0.29) is 39.5 Å². The number of hydrogen-bond donors (Lipinski definition) is 0. The quantitative estimate of drug-likeness (QED) is 0.187. The number of urea groups is 2. The standard InChI is InChI=1S/C26H41N3O3S.C26H41N3OS/c1-24(2,33(5,31)32)19-28-20-25(29(23(28)30)18-21-10-9-11-21)14-16-26(17-15-25,27(3)4)22-12-7-6-8-13-22;1-24(2,31-5)19-28-20-25(29(23(28)30)18-21-10-9-11-21)14-16-26(17-15-25,27(3)4)22-12-7-6-8-13-22/h6-8,12-13,21H,9-11,14-20H2,1-5H3;6-8,12-13,21H,9-11,14-20H2,1-5H3. The highest BCUT2D eigenvalue weighted by Crippen LogP contribution is 2.52. The fourth-order valence-corrected chi connectivity index (χ4v) is 12.8. The van der Waals surface area contributed by atoms with E-state index in [1.807, 2.05) is 16.7 Å². The van der Waals surface area contributed by atoms with Crippen molar-refractivity contribution in [2.75, 3.05) is 80.0 Å². The van der Waals surface area contributed by atoms with Crippen LogP contribution in [-0.4, -0.2) is 150 Å². The van der Waals surface area contributed by atoms with Gasteiger partial charge >= 0.3 is 12.1 Å². The summed E-state index contributed by atoms with van der Waals surface area (Å²) < 4.78 is 23.9. The third-order valence-corrected chi connectivity index (χ3v) is 20.9. The second-order valence-electron chi connectivity index (χ2n) is 22.6. The Bertz CT molecular complexity index is 2020. The predicted molar refractivity (Wildman–Crippen MR) is 265 cm³/mol. The molecule has 0 bridgehead atoms. The van der Waals surface area contributed by atoms with Crippen LogP contribution < -0.4 is 0 Å². The summed E-state index contributed by atoms with van der Waals surface area (Å²) in [6.45, 7) is 12.4. The lowest BCUT2D eigenvalue weighted by Gasteiger charge is -2.51. The molecular weight excluding hydrogens is 837 g/mol. The summed E-state index contributed by atoms with van der Waals surface area (Å²) >= 11 is 1.86. The molecule has 6 aliphatic rings. The van der Waals surface area contributed by atoms with Crippen LogP contribution in [-0.2, 0) is 20.9 Å². The number of thioether (sulfide) groups is 1. The Labute approximate surface area is 392 Å². The molecule has 4 aliphatic carbocycles. The number of nitrogens with zero attached hydrogens (tertiary/aromatic N) is 6. The van der Waals surface area contributed by atoms with Crippen molar-refractivity contribution in [2.24, 2.45) is 11.8 Å². The fraction of sp³-hybridized carbons (Fsp3) is 0.731. The maximum Gasteiger partial charge on any atom is 0.320 e. The Kier molecular flexibility index (Phi) is 14.4. The highest BCUT2D eigenvalue weighted by Gasteiger charge is 2.57. The molecule has 2 saturated heterocycles. The summed E-state index contributed by atoms with van der Waals surface area (Å²) in [7, 11) is 5.51. The van der Waals surface area contributed by atoms with Crippen LogP contribution in [0.5, 0.6) is 0 Å². The van der Waals surface area contributed by atoms with Gasteiger partial charge in [0, 0.05) is 61.3 Å². The van der Waals surface area contributed by atoms with Crippen LogP contribution in [0.2, 0.25) is 0 Å². The van der Waals surface area contributed by atoms with Crippen molar-refractivity contribution < 1.29 is 18.0 Å². The Balaban J connectivity index is 0.000000192. The largest absolute Gasteiger partial charge is 0.321 e. The zero-order chi connectivity index (χ0) is 46.3. The maximum absolute atomic E-state index is 13.7. The van der Waals surface area contributed by atoms with Gasteiger partial charge in [-0.3, -0.25) is 9.80 Å². The van der Waals surface area contributed by atoms with Crippen LogP contribution in [0.1, 0.15) is 129 Å². The van der Waals surface area contributed by atoms with Crippen molar-refractivity contribution in [3.05, 3.63) is 71.8 Å². The van der Waals surface area contributed by atoms with Crippen LogP contribution in [0, 0.1) is 11.8 Å². The zero-order valence-electron chi connectivity index (χ0n) is 41.2. The van der Waals surface area contributed by atoms with Crippen molar-refractivity contribution in [1.29, 1.82) is 0 Å². The normalized spacial score (nSPS) is 29.5. The SMILES string of the molecule is CN(C)C1(c2ccccc2)CCC2(CC1)CN(CC(C)(C)S(C)(=O)=O)C(=O)N2CC1CCC1.CSC(C)(C)CN1CC2(CCC(c3ccccc3)(N(C)C)CC2)N(CC2CCC2)C1=O. The monoisotopic (exact) mass is 919 g/mol. The van der Waals surface area contributed by atoms with E-state index in [2.05, 4.69) is 133 Å². The van der Waals surface area contributed by atoms with Crippen LogP contribution >= 0.6 is 11.8 Å². The van der Waals surface area contributed by atoms with Gasteiger partial charge in [0.1, 0.15) is 0 Å². The summed E-state index contributed by atoms with van der Waals surface area (Å²) in [4.78, 5) is 40.6. The molecule has 4 saturated carbocycles. The molecule has 2 spiro atoms. The van der Waals surface area contributed by atoms with Gasteiger partial charge in [0.05, 0.1) is 15.8 Å². The van der Waals surface area contributed by atoms with Gasteiger partial charge in [0.15, 0.2) is 9.84 Å². The topological polar surface area (TPSA) is 87.7 Å². The Hall–Kier alpha value is -2.80. The zero-order valence-corrected chi connectivity index (χ0v) is 42.8. The minimum absolute atomic E-state index is 0.00938. The molecule has 2 aromatic rings. The molecule has 0 radical (unpaired) electrons. The molecule has 0 unspecified atom stereocenters. The van der Waals surface area contributed by atoms with Gasteiger partial charge in [-0.2, -0.15) is 11.8 Å². The van der Waals surface area contributed by atoms with E-state index in [1.165, 1.54) is 55.9 Å². The van der Waals surface area contributed by atoms with Crippen molar-refractivity contribution in [2.45, 2.75) is 149 Å². The molecule has 6 fully saturated rings. The van der Waals surface area contributed by atoms with Crippen LogP contribution in [0.3, 0.4) is 0 Å². The summed E-state index contributed by atoms with van der Waals surface area (Å²) in [6, 6.07) is 22.1. The van der Waals surface area contributed by atoms with Gasteiger partial charge in [0.25, 0.3) is 0 Å². The number of sulfone groups is 1. The molecule has 0 atom stereocenters. The molecular formula is C52H82N6O4S2. The van der Waals surface area contributed by atoms with Crippen LogP contribution in [0.25, 0.3) is 0 Å². The minimum atomic E-state index is -3.27. The van der Waals surface area contributed by atoms with Crippen LogP contribution in [0.15, 0.2) is 60.7 Å². The summed E-state index contributed by atoms with van der Waals surface area (Å²) in [5.74, 6) is 1.30. The summed E-state index contributed by atoms with van der Waals surface area (Å²) in [5, 5.41) is 0. The molecule has 2 aliphatic heterocycles. The number of hydrogen-bond acceptors (Lipinski definition) is 7. The van der Waals surface area contributed by atoms with E-state index >= 15 is 0 Å². The first-order valence-corrected chi connectivity index (χ1v) is 27.6. The average Bonchev–Trinajstić information content (AvgIpc) is 3.61. The minimum Gasteiger partial charge on any atom is -0.321 e. The van der Waals surface area contributed by atoms with E-state index in [1.54, 1.807) is 13.8 Å². The van der Waals surface area contributed by atoms with E-state index in [9.17, 15) is 18.0 Å². The number of carbonyl (C=O) groups is 2. The highest BCUT2D eigenvalue weighted by atomic mass is 32.2. The van der Waals surface area contributed by atoms with Gasteiger partial charge in [-0.1, -0.05) is 73.5 Å². The number of benzene rings is 2. The second kappa shape index (κ2) is 18.7. The van der Waals surface area contributed by atoms with Crippen molar-refractivity contribution >= 4 is 33.7 Å². The van der Waals surface area contributed by atoms with E-state index < -0.39 is 14.6 Å². The van der Waals surface area contributed by atoms with E-state index in [0.717, 1.165) is 77.5 Å². The van der Waals surface area contributed by atoms with Crippen molar-refractivity contribution in [3.63, 3.8) is 0 Å². The molecule has 10 nitrogen and oxygen atoms in total. The molecule has 12 heteroatoms. The van der Waals surface area contributed by atoms with Crippen molar-refractivity contribution in [3.8, 4) is 0 Å². The molecule has 4 amide bonds. The Morgan fingerprint density at radius 2 is 0.969 bits per heavy atom. The van der Waals surface area contributed by atoms with E-state index in [0.29, 0.717) is 24.4 Å². The smallest absolute Gasteiger partial charge is 0.320 e. The summed E-state index contributed by atoms with van der Waals surface area (Å²) in [5.41, 5.74) is 2.62. The van der Waals surface area contributed by atoms with Gasteiger partial charge in [-0.05, 0) is 162 Å². The lowest BCUT2D eigenvalue weighted by Crippen LogP contribution is -2.56. The third kappa shape index (κ3) is 9.51. The molecule has 0 aromatic heterocycles. The lowest BCUT2D eigenvalue weighted by molar-refractivity contribution is 0.0158. The second-order valence-corrected chi connectivity index (χ2v) is 26.8. The third-order valence-electron chi connectivity index (χ3n) is 17.5. The van der Waals surface area contributed by atoms with E-state index in [4.69, 9.17) is 0 Å². The first kappa shape index (κ1) is 49.1. The average molecular weight is 919 g/mol. The summed E-state index contributed by atoms with van der Waals surface area (Å²) in [6.07, 6.45) is 19.3. The Morgan fingerprint density at radius 3 is 1.27 bits per heavy atom. The molecule has 64 heavy (non-hydrogen) atoms. The highest BCUT2D eigenvalue weighted by molar-refractivity contribution is 7.99. The Morgan fingerprint density at radius 1 is 0.609 bits per heavy atom. The first-order chi connectivity index (χ1) is 30.1. The first-order valence-electron chi connectivity index (χ1n) is 24.5. The maximum atomic E-state index is 13.7. The predicted octanol–water partition coefficient (Wildman–Crippen LogP) is 9.55. The molecule has 0 N–H and O–H groups in total. The number of carbonyl (C=O) groups excluding carboxylic acids is 2. The van der Waals surface area contributed by atoms with Crippen LogP contribution in [0.4, 0.5) is 9.59 Å². The van der Waals surface area contributed by atoms with Gasteiger partial charge in [-0.15, -0.1) is 0 Å². The molecule has 2 aromatic carbocycles. The molecule has 356 valence electrons. The fourth-order valence-electron chi connectivity index (χ4n) is 12.1. The lowest BCUT2D eigenvalue weighted by atomic mass is 9.68. The van der Waals surface area contributed by atoms with Crippen molar-refractivity contribution in [1.82, 2.24) is 29.4 Å². The van der Waals surface area contributed by atoms with Gasteiger partial charge < -0.3 is 19.6 Å². The number of amides is 4. The molecule has 8 rings (SSSR count). The van der Waals surface area contributed by atoms with Gasteiger partial charge in [-0.25, -0.2) is 18.0 Å². The number of rotatable bonds is 14. The molecule has 2 heterocycles. The van der Waals surface area contributed by atoms with Gasteiger partial charge in [0.2, 0.25) is 0 Å².